The van der Waals surface area contributed by atoms with Crippen molar-refractivity contribution >= 4 is 23.5 Å². The highest BCUT2D eigenvalue weighted by Gasteiger charge is 2.14. The first-order valence-electron chi connectivity index (χ1n) is 7.10. The Labute approximate surface area is 134 Å². The molecule has 122 valence electrons. The van der Waals surface area contributed by atoms with Crippen molar-refractivity contribution < 1.29 is 23.9 Å². The molecule has 6 heteroatoms. The van der Waals surface area contributed by atoms with Crippen LogP contribution in [0.4, 0.5) is 5.69 Å². The molecule has 1 N–H and O–H groups in total. The summed E-state index contributed by atoms with van der Waals surface area (Å²) in [6.07, 6.45) is 6.13. The van der Waals surface area contributed by atoms with E-state index in [2.05, 4.69) is 5.32 Å². The lowest BCUT2D eigenvalue weighted by Gasteiger charge is -2.10. The number of allylic oxidation sites excluding steroid dienone is 3. The van der Waals surface area contributed by atoms with Crippen molar-refractivity contribution in [2.45, 2.75) is 13.8 Å². The zero-order chi connectivity index (χ0) is 17.1. The van der Waals surface area contributed by atoms with Gasteiger partial charge in [0.1, 0.15) is 0 Å². The minimum Gasteiger partial charge on any atom is -0.462 e. The first-order chi connectivity index (χ1) is 11.1. The number of nitrogens with one attached hydrogen (secondary N) is 1. The summed E-state index contributed by atoms with van der Waals surface area (Å²) >= 11 is 0. The fourth-order valence-corrected chi connectivity index (χ4v) is 1.60. The summed E-state index contributed by atoms with van der Waals surface area (Å²) in [4.78, 5) is 34.9. The van der Waals surface area contributed by atoms with Gasteiger partial charge in [-0.25, -0.2) is 9.59 Å². The minimum absolute atomic E-state index is 0.233. The highest BCUT2D eigenvalue weighted by molar-refractivity contribution is 6.02. The number of hydrogen-bond acceptors (Lipinski definition) is 5. The molecule has 1 rings (SSSR count). The van der Waals surface area contributed by atoms with Gasteiger partial charge in [0, 0.05) is 6.08 Å². The Morgan fingerprint density at radius 3 is 2.57 bits per heavy atom. The van der Waals surface area contributed by atoms with Crippen molar-refractivity contribution in [3.63, 3.8) is 0 Å². The van der Waals surface area contributed by atoms with Crippen molar-refractivity contribution in [3.05, 3.63) is 54.1 Å². The van der Waals surface area contributed by atoms with Crippen LogP contribution < -0.4 is 5.32 Å². The number of para-hydroxylation sites is 1. The molecule has 0 saturated heterocycles. The van der Waals surface area contributed by atoms with Crippen LogP contribution in [-0.4, -0.2) is 31.1 Å². The number of ether oxygens (including phenoxy) is 2. The molecule has 0 aliphatic rings. The maximum atomic E-state index is 11.8. The summed E-state index contributed by atoms with van der Waals surface area (Å²) in [5.41, 5.74) is 0.540. The molecule has 0 radical (unpaired) electrons. The largest absolute Gasteiger partial charge is 0.462 e. The molecule has 0 aromatic heterocycles. The first kappa shape index (κ1) is 18.2. The van der Waals surface area contributed by atoms with Crippen LogP contribution >= 0.6 is 0 Å². The van der Waals surface area contributed by atoms with Crippen molar-refractivity contribution in [1.29, 1.82) is 0 Å². The molecule has 23 heavy (non-hydrogen) atoms. The van der Waals surface area contributed by atoms with Gasteiger partial charge in [-0.2, -0.15) is 0 Å². The maximum Gasteiger partial charge on any atom is 0.340 e. The minimum atomic E-state index is -0.628. The van der Waals surface area contributed by atoms with E-state index in [9.17, 15) is 14.4 Å². The molecule has 0 atom stereocenters. The van der Waals surface area contributed by atoms with E-state index in [4.69, 9.17) is 9.47 Å². The van der Waals surface area contributed by atoms with Gasteiger partial charge in [0.25, 0.3) is 5.91 Å². The van der Waals surface area contributed by atoms with Gasteiger partial charge >= 0.3 is 11.9 Å². The van der Waals surface area contributed by atoms with Crippen molar-refractivity contribution in [1.82, 2.24) is 0 Å². The third-order valence-electron chi connectivity index (χ3n) is 2.58. The van der Waals surface area contributed by atoms with E-state index < -0.39 is 24.5 Å². The second-order valence-electron chi connectivity index (χ2n) is 4.31. The average molecular weight is 317 g/mol. The molecule has 0 saturated carbocycles. The molecule has 0 heterocycles. The standard InChI is InChI=1S/C17H19NO5/c1-3-5-6-11-16(20)23-12-15(19)18-14-10-8-7-9-13(14)17(21)22-4-2/h3,5-11H,4,12H2,1-2H3,(H,18,19)/b5-3+,11-6+. The van der Waals surface area contributed by atoms with Crippen molar-refractivity contribution in [2.24, 2.45) is 0 Å². The van der Waals surface area contributed by atoms with E-state index in [1.54, 1.807) is 43.3 Å². The number of hydrogen-bond donors (Lipinski definition) is 1. The number of benzene rings is 1. The number of esters is 2. The maximum absolute atomic E-state index is 11.8. The Hall–Kier alpha value is -2.89. The predicted molar refractivity (Wildman–Crippen MR) is 85.9 cm³/mol. The molecule has 0 bridgehead atoms. The normalized spacial score (nSPS) is 10.7. The fourth-order valence-electron chi connectivity index (χ4n) is 1.60. The van der Waals surface area contributed by atoms with Gasteiger partial charge in [-0.15, -0.1) is 0 Å². The fraction of sp³-hybridized carbons (Fsp3) is 0.235. The smallest absolute Gasteiger partial charge is 0.340 e. The molecule has 6 nitrogen and oxygen atoms in total. The number of amides is 1. The van der Waals surface area contributed by atoms with Crippen LogP contribution in [0.5, 0.6) is 0 Å². The Bertz CT molecular complexity index is 619. The molecule has 0 aliphatic carbocycles. The predicted octanol–water partition coefficient (Wildman–Crippen LogP) is 2.48. The Morgan fingerprint density at radius 2 is 1.87 bits per heavy atom. The molecule has 0 aliphatic heterocycles. The van der Waals surface area contributed by atoms with Crippen LogP contribution in [0, 0.1) is 0 Å². The van der Waals surface area contributed by atoms with Gasteiger partial charge in [0.15, 0.2) is 6.61 Å². The molecule has 1 aromatic carbocycles. The van der Waals surface area contributed by atoms with Gasteiger partial charge < -0.3 is 14.8 Å². The zero-order valence-corrected chi connectivity index (χ0v) is 13.1. The molecule has 1 amide bonds. The molecule has 0 fully saturated rings. The van der Waals surface area contributed by atoms with Gasteiger partial charge in [0.05, 0.1) is 17.9 Å². The lowest BCUT2D eigenvalue weighted by molar-refractivity contribution is -0.142. The molecular weight excluding hydrogens is 298 g/mol. The topological polar surface area (TPSA) is 81.7 Å². The van der Waals surface area contributed by atoms with Crippen LogP contribution in [0.2, 0.25) is 0 Å². The zero-order valence-electron chi connectivity index (χ0n) is 13.1. The SMILES string of the molecule is C/C=C/C=C/C(=O)OCC(=O)Nc1ccccc1C(=O)OCC. The van der Waals surface area contributed by atoms with Crippen molar-refractivity contribution in [2.75, 3.05) is 18.5 Å². The Morgan fingerprint density at radius 1 is 1.13 bits per heavy atom. The number of carbonyl (C=O) groups excluding carboxylic acids is 3. The van der Waals surface area contributed by atoms with Crippen molar-refractivity contribution in [3.8, 4) is 0 Å². The summed E-state index contributed by atoms with van der Waals surface area (Å²) in [6, 6.07) is 6.44. The number of anilines is 1. The highest BCUT2D eigenvalue weighted by atomic mass is 16.5. The average Bonchev–Trinajstić information content (AvgIpc) is 2.54. The monoisotopic (exact) mass is 317 g/mol. The quantitative estimate of drug-likeness (QED) is 0.474. The van der Waals surface area contributed by atoms with Gasteiger partial charge in [-0.05, 0) is 26.0 Å². The highest BCUT2D eigenvalue weighted by Crippen LogP contribution is 2.16. The summed E-state index contributed by atoms with van der Waals surface area (Å²) in [5.74, 6) is -1.71. The third-order valence-corrected chi connectivity index (χ3v) is 2.58. The summed E-state index contributed by atoms with van der Waals surface area (Å²) in [7, 11) is 0. The van der Waals surface area contributed by atoms with E-state index in [0.717, 1.165) is 0 Å². The molecular formula is C17H19NO5. The second-order valence-corrected chi connectivity index (χ2v) is 4.31. The van der Waals surface area contributed by atoms with E-state index in [0.29, 0.717) is 5.69 Å². The number of carbonyl (C=O) groups is 3. The number of rotatable bonds is 7. The van der Waals surface area contributed by atoms with Crippen LogP contribution in [0.3, 0.4) is 0 Å². The van der Waals surface area contributed by atoms with Crippen LogP contribution in [0.1, 0.15) is 24.2 Å². The van der Waals surface area contributed by atoms with Gasteiger partial charge in [-0.3, -0.25) is 4.79 Å². The first-order valence-corrected chi connectivity index (χ1v) is 7.10. The van der Waals surface area contributed by atoms with E-state index in [-0.39, 0.29) is 12.2 Å². The summed E-state index contributed by atoms with van der Waals surface area (Å²) in [6.45, 7) is 3.29. The Balaban J connectivity index is 2.61. The molecule has 0 unspecified atom stereocenters. The van der Waals surface area contributed by atoms with E-state index in [1.807, 2.05) is 6.92 Å². The molecule has 0 spiro atoms. The molecule has 1 aromatic rings. The van der Waals surface area contributed by atoms with Gasteiger partial charge in [-0.1, -0.05) is 30.4 Å². The van der Waals surface area contributed by atoms with Gasteiger partial charge in [0.2, 0.25) is 0 Å². The summed E-state index contributed by atoms with van der Waals surface area (Å²) in [5, 5.41) is 2.52. The van der Waals surface area contributed by atoms with E-state index in [1.165, 1.54) is 12.2 Å². The van der Waals surface area contributed by atoms with Crippen LogP contribution in [0.25, 0.3) is 0 Å². The second kappa shape index (κ2) is 9.94. The van der Waals surface area contributed by atoms with E-state index >= 15 is 0 Å². The van der Waals surface area contributed by atoms with Crippen LogP contribution in [-0.2, 0) is 19.1 Å². The Kier molecular flexibility index (Phi) is 7.85. The van der Waals surface area contributed by atoms with Crippen LogP contribution in [0.15, 0.2) is 48.6 Å². The summed E-state index contributed by atoms with van der Waals surface area (Å²) < 4.78 is 9.69. The lowest BCUT2D eigenvalue weighted by atomic mass is 10.2. The lowest BCUT2D eigenvalue weighted by Crippen LogP contribution is -2.21. The third kappa shape index (κ3) is 6.60.